The number of halogens is 2. The summed E-state index contributed by atoms with van der Waals surface area (Å²) in [5, 5.41) is 9.23. The third kappa shape index (κ3) is 3.90. The van der Waals surface area contributed by atoms with Gasteiger partial charge in [0.25, 0.3) is 0 Å². The fraction of sp³-hybridized carbons (Fsp3) is 0.381. The molecule has 4 atom stereocenters. The van der Waals surface area contributed by atoms with E-state index in [1.165, 1.54) is 18.4 Å². The van der Waals surface area contributed by atoms with Gasteiger partial charge in [-0.2, -0.15) is 0 Å². The van der Waals surface area contributed by atoms with E-state index in [-0.39, 0.29) is 0 Å². The third-order valence-electron chi connectivity index (χ3n) is 5.50. The fourth-order valence-electron chi connectivity index (χ4n) is 4.19. The Morgan fingerprint density at radius 2 is 1.92 bits per heavy atom. The van der Waals surface area contributed by atoms with Crippen LogP contribution in [-0.2, 0) is 11.4 Å². The van der Waals surface area contributed by atoms with E-state index >= 15 is 0 Å². The van der Waals surface area contributed by atoms with Gasteiger partial charge in [0.15, 0.2) is 0 Å². The van der Waals surface area contributed by atoms with Crippen molar-refractivity contribution < 1.29 is 4.84 Å². The van der Waals surface area contributed by atoms with Crippen LogP contribution in [-0.4, -0.2) is 18.3 Å². The summed E-state index contributed by atoms with van der Waals surface area (Å²) >= 11 is 12.4. The van der Waals surface area contributed by atoms with Crippen LogP contribution in [0.5, 0.6) is 0 Å². The first kappa shape index (κ1) is 17.8. The molecular formula is C21H22Cl2N2O. The average molecular weight is 389 g/mol. The Kier molecular flexibility index (Phi) is 5.49. The zero-order chi connectivity index (χ0) is 17.9. The normalized spacial score (nSPS) is 27.8. The number of hydrogen-bond donors (Lipinski definition) is 1. The number of nitrogens with one attached hydrogen (secondary N) is 1. The van der Waals surface area contributed by atoms with E-state index < -0.39 is 0 Å². The second-order valence-corrected chi connectivity index (χ2v) is 7.97. The minimum atomic E-state index is 0.293. The minimum absolute atomic E-state index is 0.293. The number of fused-ring (bicyclic) bond motifs is 2. The Hall–Kier alpha value is -1.55. The lowest BCUT2D eigenvalue weighted by Crippen LogP contribution is -2.45. The van der Waals surface area contributed by atoms with Crippen LogP contribution in [0.3, 0.4) is 0 Å². The van der Waals surface area contributed by atoms with E-state index in [2.05, 4.69) is 16.5 Å². The van der Waals surface area contributed by atoms with E-state index in [0.717, 1.165) is 12.0 Å². The van der Waals surface area contributed by atoms with Crippen molar-refractivity contribution in [3.63, 3.8) is 0 Å². The Balaban J connectivity index is 1.49. The second kappa shape index (κ2) is 7.99. The smallest absolute Gasteiger partial charge is 0.142 e. The molecule has 0 saturated carbocycles. The SMILES string of the molecule is Clc1ccc([C@H]2CC3CC[C@@H](N3)[C@@H]2/C=N/OCc2ccccc2)cc1Cl. The average Bonchev–Trinajstić information content (AvgIpc) is 3.05. The molecule has 4 rings (SSSR count). The second-order valence-electron chi connectivity index (χ2n) is 7.15. The van der Waals surface area contributed by atoms with Crippen LogP contribution in [0.1, 0.15) is 36.3 Å². The molecule has 2 aliphatic heterocycles. The lowest BCUT2D eigenvalue weighted by molar-refractivity contribution is 0.129. The van der Waals surface area contributed by atoms with Gasteiger partial charge in [0, 0.05) is 24.2 Å². The standard InChI is InChI=1S/C21H22Cl2N2O/c22-19-8-6-15(10-20(19)23)17-11-16-7-9-21(25-16)18(17)12-24-26-13-14-4-2-1-3-5-14/h1-6,8,10,12,16-18,21,25H,7,9,11,13H2/b24-12+/t16?,17-,18-,21-/m1/s1. The highest BCUT2D eigenvalue weighted by molar-refractivity contribution is 6.42. The van der Waals surface area contributed by atoms with Crippen LogP contribution < -0.4 is 5.32 Å². The predicted octanol–water partition coefficient (Wildman–Crippen LogP) is 5.42. The van der Waals surface area contributed by atoms with E-state index in [4.69, 9.17) is 28.0 Å². The summed E-state index contributed by atoms with van der Waals surface area (Å²) in [5.74, 6) is 0.675. The summed E-state index contributed by atoms with van der Waals surface area (Å²) in [6.45, 7) is 0.488. The Morgan fingerprint density at radius 1 is 1.08 bits per heavy atom. The van der Waals surface area contributed by atoms with Gasteiger partial charge in [0.05, 0.1) is 10.0 Å². The molecule has 26 heavy (non-hydrogen) atoms. The van der Waals surface area contributed by atoms with Gasteiger partial charge in [-0.1, -0.05) is 64.8 Å². The topological polar surface area (TPSA) is 33.6 Å². The molecule has 0 aromatic heterocycles. The van der Waals surface area contributed by atoms with Gasteiger partial charge in [-0.25, -0.2) is 0 Å². The van der Waals surface area contributed by atoms with E-state index in [0.29, 0.717) is 40.6 Å². The molecule has 2 fully saturated rings. The van der Waals surface area contributed by atoms with Crippen LogP contribution in [0.4, 0.5) is 0 Å². The molecule has 0 amide bonds. The molecule has 136 valence electrons. The maximum atomic E-state index is 6.26. The molecule has 2 aromatic rings. The van der Waals surface area contributed by atoms with Crippen molar-refractivity contribution in [1.29, 1.82) is 0 Å². The summed E-state index contributed by atoms with van der Waals surface area (Å²) in [7, 11) is 0. The van der Waals surface area contributed by atoms with Gasteiger partial charge >= 0.3 is 0 Å². The number of benzene rings is 2. The van der Waals surface area contributed by atoms with Gasteiger partial charge in [-0.3, -0.25) is 0 Å². The first-order valence-corrected chi connectivity index (χ1v) is 9.86. The maximum absolute atomic E-state index is 6.26. The predicted molar refractivity (Wildman–Crippen MR) is 107 cm³/mol. The molecule has 0 spiro atoms. The van der Waals surface area contributed by atoms with E-state index in [9.17, 15) is 0 Å². The molecule has 2 saturated heterocycles. The molecule has 2 heterocycles. The Morgan fingerprint density at radius 3 is 2.73 bits per heavy atom. The van der Waals surface area contributed by atoms with Gasteiger partial charge < -0.3 is 10.2 Å². The largest absolute Gasteiger partial charge is 0.391 e. The molecule has 3 nitrogen and oxygen atoms in total. The molecule has 0 radical (unpaired) electrons. The van der Waals surface area contributed by atoms with Crippen LogP contribution in [0.15, 0.2) is 53.7 Å². The number of nitrogens with zero attached hydrogens (tertiary/aromatic N) is 1. The van der Waals surface area contributed by atoms with Crippen molar-refractivity contribution in [3.8, 4) is 0 Å². The quantitative estimate of drug-likeness (QED) is 0.547. The molecule has 2 bridgehead atoms. The zero-order valence-electron chi connectivity index (χ0n) is 14.4. The number of oxime groups is 1. The van der Waals surface area contributed by atoms with Crippen LogP contribution >= 0.6 is 23.2 Å². The van der Waals surface area contributed by atoms with Crippen molar-refractivity contribution in [3.05, 3.63) is 69.7 Å². The Bertz CT molecular complexity index is 781. The summed E-state index contributed by atoms with van der Waals surface area (Å²) in [4.78, 5) is 5.55. The van der Waals surface area contributed by atoms with E-state index in [1.54, 1.807) is 0 Å². The first-order chi connectivity index (χ1) is 12.7. The lowest BCUT2D eigenvalue weighted by Gasteiger charge is -2.35. The van der Waals surface area contributed by atoms with Gasteiger partial charge in [0.1, 0.15) is 6.61 Å². The molecule has 5 heteroatoms. The van der Waals surface area contributed by atoms with Crippen LogP contribution in [0.2, 0.25) is 10.0 Å². The fourth-order valence-corrected chi connectivity index (χ4v) is 4.50. The molecule has 2 aromatic carbocycles. The van der Waals surface area contributed by atoms with E-state index in [1.807, 2.05) is 48.7 Å². The van der Waals surface area contributed by atoms with Crippen LogP contribution in [0.25, 0.3) is 0 Å². The van der Waals surface area contributed by atoms with Crippen molar-refractivity contribution in [1.82, 2.24) is 5.32 Å². The highest BCUT2D eigenvalue weighted by Gasteiger charge is 2.41. The maximum Gasteiger partial charge on any atom is 0.142 e. The number of rotatable bonds is 5. The lowest BCUT2D eigenvalue weighted by atomic mass is 9.77. The van der Waals surface area contributed by atoms with Gasteiger partial charge in [-0.15, -0.1) is 0 Å². The van der Waals surface area contributed by atoms with Gasteiger partial charge in [-0.05, 0) is 48.4 Å². The summed E-state index contributed by atoms with van der Waals surface area (Å²) in [5.41, 5.74) is 2.35. The molecule has 1 unspecified atom stereocenters. The van der Waals surface area contributed by atoms with Crippen molar-refractivity contribution >= 4 is 29.4 Å². The molecule has 1 N–H and O–H groups in total. The third-order valence-corrected chi connectivity index (χ3v) is 6.24. The zero-order valence-corrected chi connectivity index (χ0v) is 16.0. The number of piperidine rings is 1. The summed E-state index contributed by atoms with van der Waals surface area (Å²) in [6.07, 6.45) is 5.47. The summed E-state index contributed by atoms with van der Waals surface area (Å²) in [6, 6.07) is 17.1. The molecular weight excluding hydrogens is 367 g/mol. The summed E-state index contributed by atoms with van der Waals surface area (Å²) < 4.78 is 0. The van der Waals surface area contributed by atoms with Gasteiger partial charge in [0.2, 0.25) is 0 Å². The highest BCUT2D eigenvalue weighted by atomic mass is 35.5. The molecule has 0 aliphatic carbocycles. The Labute approximate surface area is 164 Å². The monoisotopic (exact) mass is 388 g/mol. The van der Waals surface area contributed by atoms with Crippen molar-refractivity contribution in [2.75, 3.05) is 0 Å². The van der Waals surface area contributed by atoms with Crippen molar-refractivity contribution in [2.24, 2.45) is 11.1 Å². The highest BCUT2D eigenvalue weighted by Crippen LogP contribution is 2.42. The molecule has 2 aliphatic rings. The van der Waals surface area contributed by atoms with Crippen molar-refractivity contribution in [2.45, 2.75) is 43.9 Å². The van der Waals surface area contributed by atoms with Crippen LogP contribution in [0, 0.1) is 5.92 Å². The first-order valence-electron chi connectivity index (χ1n) is 9.11. The number of hydrogen-bond acceptors (Lipinski definition) is 3. The minimum Gasteiger partial charge on any atom is -0.391 e.